The van der Waals surface area contributed by atoms with Crippen molar-refractivity contribution >= 4 is 11.6 Å². The van der Waals surface area contributed by atoms with Gasteiger partial charge in [-0.15, -0.1) is 0 Å². The van der Waals surface area contributed by atoms with Gasteiger partial charge in [-0.25, -0.2) is 0 Å². The summed E-state index contributed by atoms with van der Waals surface area (Å²) in [5.74, 6) is 0.270. The molecule has 1 N–H and O–H groups in total. The molecule has 2 unspecified atom stereocenters. The van der Waals surface area contributed by atoms with Gasteiger partial charge >= 0.3 is 0 Å². The van der Waals surface area contributed by atoms with E-state index in [4.69, 9.17) is 0 Å². The molecule has 0 aliphatic carbocycles. The van der Waals surface area contributed by atoms with Gasteiger partial charge in [-0.3, -0.25) is 4.79 Å². The smallest absolute Gasteiger partial charge is 0.245 e. The quantitative estimate of drug-likeness (QED) is 0.800. The van der Waals surface area contributed by atoms with Crippen LogP contribution < -0.4 is 5.32 Å². The van der Waals surface area contributed by atoms with Gasteiger partial charge in [-0.05, 0) is 31.4 Å². The van der Waals surface area contributed by atoms with Crippen LogP contribution in [0.5, 0.6) is 0 Å². The number of para-hydroxylation sites is 1. The number of carbonyl (C=O) groups is 1. The van der Waals surface area contributed by atoms with Crippen molar-refractivity contribution in [1.29, 1.82) is 0 Å². The zero-order chi connectivity index (χ0) is 11.8. The van der Waals surface area contributed by atoms with Gasteiger partial charge in [-0.1, -0.05) is 18.2 Å². The summed E-state index contributed by atoms with van der Waals surface area (Å²) in [6.45, 7) is 3.07. The summed E-state index contributed by atoms with van der Waals surface area (Å²) < 4.78 is 0. The molecule has 2 heterocycles. The minimum Gasteiger partial charge on any atom is -0.373 e. The Morgan fingerprint density at radius 1 is 1.41 bits per heavy atom. The van der Waals surface area contributed by atoms with Crippen molar-refractivity contribution in [3.05, 3.63) is 29.8 Å². The lowest BCUT2D eigenvalue weighted by molar-refractivity contribution is -0.132. The fourth-order valence-electron chi connectivity index (χ4n) is 2.91. The SMILES string of the molecule is CC1CCCN1C(=O)C1Cc2ccccc2N1. The number of benzene rings is 1. The summed E-state index contributed by atoms with van der Waals surface area (Å²) in [5, 5.41) is 3.34. The molecule has 90 valence electrons. The third-order valence-electron chi connectivity index (χ3n) is 3.91. The van der Waals surface area contributed by atoms with E-state index in [1.54, 1.807) is 0 Å². The molecule has 1 saturated heterocycles. The Balaban J connectivity index is 1.74. The number of hydrogen-bond acceptors (Lipinski definition) is 2. The molecule has 2 aliphatic rings. The lowest BCUT2D eigenvalue weighted by atomic mass is 10.1. The van der Waals surface area contributed by atoms with Gasteiger partial charge in [-0.2, -0.15) is 0 Å². The molecule has 0 spiro atoms. The highest BCUT2D eigenvalue weighted by atomic mass is 16.2. The van der Waals surface area contributed by atoms with Crippen LogP contribution in [0, 0.1) is 0 Å². The highest BCUT2D eigenvalue weighted by Crippen LogP contribution is 2.27. The van der Waals surface area contributed by atoms with Gasteiger partial charge in [0, 0.05) is 24.7 Å². The highest BCUT2D eigenvalue weighted by molar-refractivity contribution is 5.87. The van der Waals surface area contributed by atoms with Crippen LogP contribution in [-0.2, 0) is 11.2 Å². The molecule has 1 aromatic carbocycles. The van der Waals surface area contributed by atoms with Crippen molar-refractivity contribution in [1.82, 2.24) is 4.90 Å². The van der Waals surface area contributed by atoms with E-state index >= 15 is 0 Å². The summed E-state index contributed by atoms with van der Waals surface area (Å²) in [5.41, 5.74) is 2.38. The van der Waals surface area contributed by atoms with Crippen molar-refractivity contribution in [2.24, 2.45) is 0 Å². The summed E-state index contributed by atoms with van der Waals surface area (Å²) >= 11 is 0. The lowest BCUT2D eigenvalue weighted by Crippen LogP contribution is -2.43. The van der Waals surface area contributed by atoms with Crippen molar-refractivity contribution in [2.75, 3.05) is 11.9 Å². The maximum atomic E-state index is 12.4. The maximum Gasteiger partial charge on any atom is 0.245 e. The number of rotatable bonds is 1. The van der Waals surface area contributed by atoms with Crippen LogP contribution in [0.2, 0.25) is 0 Å². The van der Waals surface area contributed by atoms with Gasteiger partial charge in [0.25, 0.3) is 0 Å². The van der Waals surface area contributed by atoms with Crippen molar-refractivity contribution in [3.63, 3.8) is 0 Å². The van der Waals surface area contributed by atoms with Crippen LogP contribution >= 0.6 is 0 Å². The minimum absolute atomic E-state index is 0.0482. The fourth-order valence-corrected chi connectivity index (χ4v) is 2.91. The number of hydrogen-bond donors (Lipinski definition) is 1. The third-order valence-corrected chi connectivity index (χ3v) is 3.91. The standard InChI is InChI=1S/C14H18N2O/c1-10-5-4-8-16(10)14(17)13-9-11-6-2-3-7-12(11)15-13/h2-3,6-7,10,13,15H,4-5,8-9H2,1H3. The van der Waals surface area contributed by atoms with Crippen molar-refractivity contribution in [3.8, 4) is 0 Å². The Kier molecular flexibility index (Phi) is 2.54. The van der Waals surface area contributed by atoms with E-state index < -0.39 is 0 Å². The maximum absolute atomic E-state index is 12.4. The Labute approximate surface area is 102 Å². The first kappa shape index (κ1) is 10.6. The largest absolute Gasteiger partial charge is 0.373 e. The van der Waals surface area contributed by atoms with Gasteiger partial charge in [0.05, 0.1) is 0 Å². The first-order chi connectivity index (χ1) is 8.25. The van der Waals surface area contributed by atoms with Crippen LogP contribution in [0.25, 0.3) is 0 Å². The van der Waals surface area contributed by atoms with Crippen LogP contribution in [0.1, 0.15) is 25.3 Å². The van der Waals surface area contributed by atoms with Crippen LogP contribution in [0.4, 0.5) is 5.69 Å². The third kappa shape index (κ3) is 1.79. The Morgan fingerprint density at radius 3 is 2.94 bits per heavy atom. The Morgan fingerprint density at radius 2 is 2.24 bits per heavy atom. The normalized spacial score (nSPS) is 26.8. The van der Waals surface area contributed by atoms with E-state index in [0.29, 0.717) is 6.04 Å². The van der Waals surface area contributed by atoms with Crippen LogP contribution in [-0.4, -0.2) is 29.4 Å². The number of likely N-dealkylation sites (tertiary alicyclic amines) is 1. The van der Waals surface area contributed by atoms with Gasteiger partial charge in [0.2, 0.25) is 5.91 Å². The molecule has 17 heavy (non-hydrogen) atoms. The van der Waals surface area contributed by atoms with E-state index in [0.717, 1.165) is 31.5 Å². The molecule has 1 amide bonds. The molecule has 0 bridgehead atoms. The number of anilines is 1. The number of nitrogens with one attached hydrogen (secondary N) is 1. The number of carbonyl (C=O) groups excluding carboxylic acids is 1. The summed E-state index contributed by atoms with van der Waals surface area (Å²) in [4.78, 5) is 14.4. The van der Waals surface area contributed by atoms with Crippen LogP contribution in [0.3, 0.4) is 0 Å². The van der Waals surface area contributed by atoms with Gasteiger partial charge in [0.15, 0.2) is 0 Å². The van der Waals surface area contributed by atoms with E-state index in [1.165, 1.54) is 5.56 Å². The van der Waals surface area contributed by atoms with Crippen molar-refractivity contribution in [2.45, 2.75) is 38.3 Å². The second kappa shape index (κ2) is 4.06. The molecule has 1 aromatic rings. The second-order valence-corrected chi connectivity index (χ2v) is 5.08. The molecule has 3 nitrogen and oxygen atoms in total. The molecule has 2 aliphatic heterocycles. The molecule has 0 saturated carbocycles. The predicted octanol–water partition coefficient (Wildman–Crippen LogP) is 2.03. The van der Waals surface area contributed by atoms with Crippen LogP contribution in [0.15, 0.2) is 24.3 Å². The number of nitrogens with zero attached hydrogens (tertiary/aromatic N) is 1. The first-order valence-electron chi connectivity index (χ1n) is 6.40. The monoisotopic (exact) mass is 230 g/mol. The first-order valence-corrected chi connectivity index (χ1v) is 6.40. The topological polar surface area (TPSA) is 32.3 Å². The van der Waals surface area contributed by atoms with E-state index in [9.17, 15) is 4.79 Å². The average Bonchev–Trinajstić information content (AvgIpc) is 2.93. The molecule has 0 radical (unpaired) electrons. The van der Waals surface area contributed by atoms with Gasteiger partial charge < -0.3 is 10.2 Å². The second-order valence-electron chi connectivity index (χ2n) is 5.08. The predicted molar refractivity (Wildman–Crippen MR) is 68.0 cm³/mol. The average molecular weight is 230 g/mol. The molecule has 3 rings (SSSR count). The summed E-state index contributed by atoms with van der Waals surface area (Å²) in [6, 6.07) is 8.56. The summed E-state index contributed by atoms with van der Waals surface area (Å²) in [6.07, 6.45) is 3.12. The van der Waals surface area contributed by atoms with E-state index in [-0.39, 0.29) is 11.9 Å². The van der Waals surface area contributed by atoms with E-state index in [1.807, 2.05) is 17.0 Å². The number of amides is 1. The highest BCUT2D eigenvalue weighted by Gasteiger charge is 2.33. The molecule has 2 atom stereocenters. The lowest BCUT2D eigenvalue weighted by Gasteiger charge is -2.25. The molecule has 0 aromatic heterocycles. The zero-order valence-electron chi connectivity index (χ0n) is 10.1. The molecule has 1 fully saturated rings. The molecular formula is C14H18N2O. The number of fused-ring (bicyclic) bond motifs is 1. The minimum atomic E-state index is -0.0482. The molecule has 3 heteroatoms. The van der Waals surface area contributed by atoms with Gasteiger partial charge in [0.1, 0.15) is 6.04 Å². The van der Waals surface area contributed by atoms with Crippen molar-refractivity contribution < 1.29 is 4.79 Å². The fraction of sp³-hybridized carbons (Fsp3) is 0.500. The molecular weight excluding hydrogens is 212 g/mol. The Bertz CT molecular complexity index is 419. The Hall–Kier alpha value is -1.51. The summed E-state index contributed by atoms with van der Waals surface area (Å²) in [7, 11) is 0. The van der Waals surface area contributed by atoms with E-state index in [2.05, 4.69) is 24.4 Å². The zero-order valence-corrected chi connectivity index (χ0v) is 10.1.